The van der Waals surface area contributed by atoms with Gasteiger partial charge in [-0.25, -0.2) is 0 Å². The maximum atomic E-state index is 11.0. The maximum absolute atomic E-state index is 11.0. The Bertz CT molecular complexity index is 526. The van der Waals surface area contributed by atoms with Crippen molar-refractivity contribution in [3.05, 3.63) is 17.7 Å². The van der Waals surface area contributed by atoms with Crippen LogP contribution in [0.2, 0.25) is 0 Å². The summed E-state index contributed by atoms with van der Waals surface area (Å²) in [5.74, 6) is 1.87. The second-order valence-electron chi connectivity index (χ2n) is 6.06. The van der Waals surface area contributed by atoms with Crippen LogP contribution in [0.25, 0.3) is 0 Å². The zero-order chi connectivity index (χ0) is 16.5. The molecule has 1 aliphatic heterocycles. The highest BCUT2D eigenvalue weighted by molar-refractivity contribution is 5.54. The molecule has 124 valence electrons. The van der Waals surface area contributed by atoms with E-state index < -0.39 is 11.7 Å². The zero-order valence-electron chi connectivity index (χ0n) is 14.3. The number of nitrogens with zero attached hydrogens (tertiary/aromatic N) is 1. The second-order valence-corrected chi connectivity index (χ2v) is 6.06. The molecule has 0 amide bonds. The Morgan fingerprint density at radius 2 is 1.82 bits per heavy atom. The van der Waals surface area contributed by atoms with Crippen molar-refractivity contribution in [2.75, 3.05) is 27.3 Å². The van der Waals surface area contributed by atoms with E-state index >= 15 is 0 Å². The first-order chi connectivity index (χ1) is 10.4. The molecule has 0 spiro atoms. The number of rotatable bonds is 5. The van der Waals surface area contributed by atoms with Gasteiger partial charge in [0, 0.05) is 12.1 Å². The van der Waals surface area contributed by atoms with E-state index in [9.17, 15) is 5.11 Å². The molecule has 0 saturated heterocycles. The summed E-state index contributed by atoms with van der Waals surface area (Å²) in [5, 5.41) is 11.0. The summed E-state index contributed by atoms with van der Waals surface area (Å²) < 4.78 is 17.0. The summed E-state index contributed by atoms with van der Waals surface area (Å²) in [7, 11) is 3.19. The Balaban J connectivity index is 2.56. The fraction of sp³-hybridized carbons (Fsp3) is 0.647. The van der Waals surface area contributed by atoms with Crippen molar-refractivity contribution in [3.8, 4) is 17.2 Å². The summed E-state index contributed by atoms with van der Waals surface area (Å²) in [6.07, 6.45) is -0.681. The fourth-order valence-corrected chi connectivity index (χ4v) is 3.38. The maximum Gasteiger partial charge on any atom is 0.133 e. The summed E-state index contributed by atoms with van der Waals surface area (Å²) in [5.41, 5.74) is 0.176. The summed E-state index contributed by atoms with van der Waals surface area (Å²) in [6.45, 7) is 9.89. The molecule has 2 unspecified atom stereocenters. The van der Waals surface area contributed by atoms with E-state index in [0.717, 1.165) is 13.1 Å². The molecule has 0 bridgehead atoms. The van der Waals surface area contributed by atoms with E-state index in [1.807, 2.05) is 13.8 Å². The normalized spacial score (nSPS) is 22.9. The molecule has 0 fully saturated rings. The first kappa shape index (κ1) is 16.9. The minimum Gasteiger partial charge on any atom is -0.496 e. The fourth-order valence-electron chi connectivity index (χ4n) is 3.38. The van der Waals surface area contributed by atoms with E-state index in [-0.39, 0.29) is 6.04 Å². The van der Waals surface area contributed by atoms with Crippen LogP contribution in [0.15, 0.2) is 12.1 Å². The molecule has 2 atom stereocenters. The van der Waals surface area contributed by atoms with Crippen LogP contribution in [-0.2, 0) is 0 Å². The Kier molecular flexibility index (Phi) is 4.87. The molecule has 1 N–H and O–H groups in total. The molecule has 1 heterocycles. The van der Waals surface area contributed by atoms with Gasteiger partial charge in [0.2, 0.25) is 0 Å². The third kappa shape index (κ3) is 2.75. The smallest absolute Gasteiger partial charge is 0.133 e. The molecule has 0 aromatic heterocycles. The van der Waals surface area contributed by atoms with Crippen molar-refractivity contribution < 1.29 is 19.3 Å². The molecule has 0 saturated carbocycles. The number of likely N-dealkylation sites (N-methyl/N-ethyl adjacent to an activating group) is 1. The molecule has 22 heavy (non-hydrogen) atoms. The average molecular weight is 309 g/mol. The van der Waals surface area contributed by atoms with Gasteiger partial charge in [0.15, 0.2) is 0 Å². The lowest BCUT2D eigenvalue weighted by molar-refractivity contribution is -0.0808. The van der Waals surface area contributed by atoms with Gasteiger partial charge in [0.05, 0.1) is 25.8 Å². The molecular weight excluding hydrogens is 282 g/mol. The monoisotopic (exact) mass is 309 g/mol. The number of aliphatic hydroxyl groups is 1. The van der Waals surface area contributed by atoms with Gasteiger partial charge in [0.1, 0.15) is 29.0 Å². The topological polar surface area (TPSA) is 51.2 Å². The van der Waals surface area contributed by atoms with Gasteiger partial charge in [-0.3, -0.25) is 4.90 Å². The molecule has 5 nitrogen and oxygen atoms in total. The second kappa shape index (κ2) is 6.34. The Morgan fingerprint density at radius 1 is 1.18 bits per heavy atom. The number of ether oxygens (including phenoxy) is 3. The molecule has 5 heteroatoms. The van der Waals surface area contributed by atoms with E-state index in [0.29, 0.717) is 22.8 Å². The highest BCUT2D eigenvalue weighted by atomic mass is 16.5. The lowest BCUT2D eigenvalue weighted by atomic mass is 9.84. The quantitative estimate of drug-likeness (QED) is 0.906. The van der Waals surface area contributed by atoms with Gasteiger partial charge in [0.25, 0.3) is 0 Å². The van der Waals surface area contributed by atoms with Crippen molar-refractivity contribution in [2.45, 2.75) is 45.4 Å². The van der Waals surface area contributed by atoms with Crippen LogP contribution in [0.4, 0.5) is 0 Å². The summed E-state index contributed by atoms with van der Waals surface area (Å²) >= 11 is 0. The number of aliphatic hydroxyl groups excluding tert-OH is 1. The van der Waals surface area contributed by atoms with Crippen molar-refractivity contribution in [2.24, 2.45) is 0 Å². The van der Waals surface area contributed by atoms with E-state index in [1.165, 1.54) is 0 Å². The average Bonchev–Trinajstić information content (AvgIpc) is 2.49. The van der Waals surface area contributed by atoms with E-state index in [4.69, 9.17) is 14.2 Å². The number of methoxy groups -OCH3 is 2. The van der Waals surface area contributed by atoms with Crippen LogP contribution < -0.4 is 14.2 Å². The van der Waals surface area contributed by atoms with Crippen molar-refractivity contribution in [1.82, 2.24) is 4.90 Å². The lowest BCUT2D eigenvalue weighted by Crippen LogP contribution is -2.57. The van der Waals surface area contributed by atoms with Gasteiger partial charge in [-0.15, -0.1) is 0 Å². The van der Waals surface area contributed by atoms with Gasteiger partial charge in [-0.05, 0) is 26.9 Å². The highest BCUT2D eigenvalue weighted by Gasteiger charge is 2.47. The van der Waals surface area contributed by atoms with Crippen molar-refractivity contribution in [3.63, 3.8) is 0 Å². The summed E-state index contributed by atoms with van der Waals surface area (Å²) in [6, 6.07) is 3.45. The van der Waals surface area contributed by atoms with Crippen LogP contribution in [0, 0.1) is 0 Å². The third-order valence-electron chi connectivity index (χ3n) is 4.42. The van der Waals surface area contributed by atoms with Gasteiger partial charge in [-0.1, -0.05) is 13.8 Å². The van der Waals surface area contributed by atoms with Crippen LogP contribution >= 0.6 is 0 Å². The Labute approximate surface area is 132 Å². The zero-order valence-corrected chi connectivity index (χ0v) is 14.3. The Hall–Kier alpha value is -1.46. The van der Waals surface area contributed by atoms with Crippen molar-refractivity contribution >= 4 is 0 Å². The summed E-state index contributed by atoms with van der Waals surface area (Å²) in [4.78, 5) is 2.22. The van der Waals surface area contributed by atoms with Crippen LogP contribution in [0.5, 0.6) is 17.2 Å². The molecular formula is C17H27NO4. The molecule has 1 aromatic carbocycles. The van der Waals surface area contributed by atoms with Gasteiger partial charge >= 0.3 is 0 Å². The minimum atomic E-state index is -0.681. The highest BCUT2D eigenvalue weighted by Crippen LogP contribution is 2.48. The molecule has 1 aromatic rings. The predicted molar refractivity (Wildman–Crippen MR) is 85.9 cm³/mol. The van der Waals surface area contributed by atoms with Crippen LogP contribution in [0.3, 0.4) is 0 Å². The standard InChI is InChI=1S/C17H27NO4/c1-7-18(8-2)16-15(19)14-12(21-6)9-11(20-5)10-13(14)22-17(16,3)4/h9-10,15-16,19H,7-8H2,1-6H3. The molecule has 2 rings (SSSR count). The molecule has 1 aliphatic rings. The minimum absolute atomic E-state index is 0.141. The Morgan fingerprint density at radius 3 is 2.32 bits per heavy atom. The SMILES string of the molecule is CCN(CC)C1C(O)c2c(OC)cc(OC)cc2OC1(C)C. The van der Waals surface area contributed by atoms with Gasteiger partial charge < -0.3 is 19.3 Å². The first-order valence-electron chi connectivity index (χ1n) is 7.76. The lowest BCUT2D eigenvalue weighted by Gasteiger charge is -2.48. The predicted octanol–water partition coefficient (Wildman–Crippen LogP) is 2.62. The number of fused-ring (bicyclic) bond motifs is 1. The molecule has 0 radical (unpaired) electrons. The number of hydrogen-bond donors (Lipinski definition) is 1. The van der Waals surface area contributed by atoms with Crippen LogP contribution in [-0.4, -0.2) is 49.0 Å². The number of benzene rings is 1. The number of hydrogen-bond acceptors (Lipinski definition) is 5. The molecule has 0 aliphatic carbocycles. The largest absolute Gasteiger partial charge is 0.496 e. The third-order valence-corrected chi connectivity index (χ3v) is 4.42. The van der Waals surface area contributed by atoms with Crippen LogP contribution in [0.1, 0.15) is 39.4 Å². The van der Waals surface area contributed by atoms with Crippen molar-refractivity contribution in [1.29, 1.82) is 0 Å². The van der Waals surface area contributed by atoms with E-state index in [1.54, 1.807) is 26.4 Å². The first-order valence-corrected chi connectivity index (χ1v) is 7.76. The van der Waals surface area contributed by atoms with E-state index in [2.05, 4.69) is 18.7 Å². The van der Waals surface area contributed by atoms with Gasteiger partial charge in [-0.2, -0.15) is 0 Å².